The highest BCUT2D eigenvalue weighted by molar-refractivity contribution is 5.76. The fourth-order valence-electron chi connectivity index (χ4n) is 12.3. The van der Waals surface area contributed by atoms with Gasteiger partial charge in [-0.05, 0) is 64.2 Å². The Labute approximate surface area is 532 Å². The van der Waals surface area contributed by atoms with Gasteiger partial charge >= 0.3 is 5.97 Å². The molecule has 0 aliphatic heterocycles. The van der Waals surface area contributed by atoms with Gasteiger partial charge < -0.3 is 20.3 Å². The molecule has 2 unspecified atom stereocenters. The number of nitrogens with one attached hydrogen (secondary N) is 1. The number of aliphatic hydroxyl groups is 2. The van der Waals surface area contributed by atoms with Crippen molar-refractivity contribution < 1.29 is 24.5 Å². The van der Waals surface area contributed by atoms with Gasteiger partial charge in [0.25, 0.3) is 0 Å². The Morgan fingerprint density at radius 3 is 0.894 bits per heavy atom. The van der Waals surface area contributed by atoms with Crippen molar-refractivity contribution in [2.45, 2.75) is 443 Å². The number of carbonyl (C=O) groups is 2. The van der Waals surface area contributed by atoms with E-state index in [1.165, 1.54) is 360 Å². The molecule has 0 aliphatic carbocycles. The van der Waals surface area contributed by atoms with E-state index in [9.17, 15) is 19.8 Å². The summed E-state index contributed by atoms with van der Waals surface area (Å²) in [7, 11) is 0. The van der Waals surface area contributed by atoms with Crippen molar-refractivity contribution in [2.75, 3.05) is 13.2 Å². The van der Waals surface area contributed by atoms with Gasteiger partial charge in [0.05, 0.1) is 25.4 Å². The van der Waals surface area contributed by atoms with Crippen molar-refractivity contribution in [3.05, 3.63) is 36.5 Å². The molecule has 6 nitrogen and oxygen atoms in total. The lowest BCUT2D eigenvalue weighted by Gasteiger charge is -2.20. The van der Waals surface area contributed by atoms with E-state index in [1.54, 1.807) is 6.08 Å². The summed E-state index contributed by atoms with van der Waals surface area (Å²) >= 11 is 0. The number of esters is 1. The highest BCUT2D eigenvalue weighted by atomic mass is 16.5. The lowest BCUT2D eigenvalue weighted by molar-refractivity contribution is -0.143. The van der Waals surface area contributed by atoms with E-state index < -0.39 is 12.1 Å². The van der Waals surface area contributed by atoms with Crippen LogP contribution in [0.1, 0.15) is 431 Å². The van der Waals surface area contributed by atoms with Crippen LogP contribution < -0.4 is 5.32 Å². The second kappa shape index (κ2) is 74.5. The molecule has 85 heavy (non-hydrogen) atoms. The third kappa shape index (κ3) is 71.0. The molecule has 0 fully saturated rings. The number of carbonyl (C=O) groups excluding carboxylic acids is 2. The van der Waals surface area contributed by atoms with Crippen molar-refractivity contribution in [3.63, 3.8) is 0 Å². The van der Waals surface area contributed by atoms with Gasteiger partial charge in [-0.25, -0.2) is 0 Å². The van der Waals surface area contributed by atoms with Crippen LogP contribution in [0.3, 0.4) is 0 Å². The normalized spacial score (nSPS) is 12.7. The summed E-state index contributed by atoms with van der Waals surface area (Å²) < 4.78 is 5.47. The number of aliphatic hydroxyl groups excluding tert-OH is 2. The van der Waals surface area contributed by atoms with Crippen LogP contribution in [0.4, 0.5) is 0 Å². The SMILES string of the molecule is CCCCCCCCCCCCCCCCCCCCCCCC/C=C/C(O)C(CO)NC(=O)CCCCCCCCCCCCCCCCCCC/C=C\C/C=C\CCCCCCCCCCCOC(=O)CCCCCCCCCCCCC. The van der Waals surface area contributed by atoms with Gasteiger partial charge in [-0.2, -0.15) is 0 Å². The third-order valence-corrected chi connectivity index (χ3v) is 18.2. The molecule has 0 heterocycles. The minimum atomic E-state index is -0.845. The topological polar surface area (TPSA) is 95.9 Å². The van der Waals surface area contributed by atoms with E-state index >= 15 is 0 Å². The van der Waals surface area contributed by atoms with E-state index in [2.05, 4.69) is 43.5 Å². The molecule has 502 valence electrons. The second-order valence-corrected chi connectivity index (χ2v) is 26.7. The maximum atomic E-state index is 12.5. The molecule has 0 saturated carbocycles. The zero-order valence-electron chi connectivity index (χ0n) is 57.6. The monoisotopic (exact) mass is 1190 g/mol. The van der Waals surface area contributed by atoms with Crippen molar-refractivity contribution in [1.29, 1.82) is 0 Å². The maximum Gasteiger partial charge on any atom is 0.305 e. The number of amides is 1. The van der Waals surface area contributed by atoms with Gasteiger partial charge in [0.1, 0.15) is 0 Å². The quantitative estimate of drug-likeness (QED) is 0.0320. The zero-order valence-corrected chi connectivity index (χ0v) is 57.6. The van der Waals surface area contributed by atoms with Crippen LogP contribution in [-0.2, 0) is 14.3 Å². The van der Waals surface area contributed by atoms with Crippen LogP contribution in [0.15, 0.2) is 36.5 Å². The molecule has 0 aromatic heterocycles. The van der Waals surface area contributed by atoms with Crippen LogP contribution in [0.25, 0.3) is 0 Å². The molecule has 0 spiro atoms. The van der Waals surface area contributed by atoms with Gasteiger partial charge in [-0.3, -0.25) is 9.59 Å². The highest BCUT2D eigenvalue weighted by Gasteiger charge is 2.18. The van der Waals surface area contributed by atoms with E-state index in [0.29, 0.717) is 19.4 Å². The van der Waals surface area contributed by atoms with Gasteiger partial charge in [0.15, 0.2) is 0 Å². The number of hydrogen-bond acceptors (Lipinski definition) is 5. The lowest BCUT2D eigenvalue weighted by Crippen LogP contribution is -2.45. The minimum Gasteiger partial charge on any atom is -0.466 e. The molecule has 6 heteroatoms. The van der Waals surface area contributed by atoms with Crippen molar-refractivity contribution in [1.82, 2.24) is 5.32 Å². The summed E-state index contributed by atoms with van der Waals surface area (Å²) in [5, 5.41) is 23.3. The Bertz CT molecular complexity index is 1380. The van der Waals surface area contributed by atoms with Crippen molar-refractivity contribution >= 4 is 11.9 Å². The van der Waals surface area contributed by atoms with Gasteiger partial charge in [0.2, 0.25) is 5.91 Å². The molecule has 2 atom stereocenters. The summed E-state index contributed by atoms with van der Waals surface area (Å²) in [5.41, 5.74) is 0. The molecule has 0 aromatic carbocycles. The Morgan fingerprint density at radius 2 is 0.588 bits per heavy atom. The predicted octanol–water partition coefficient (Wildman–Crippen LogP) is 25.4. The number of unbranched alkanes of at least 4 members (excludes halogenated alkanes) is 58. The number of rotatable bonds is 73. The summed E-state index contributed by atoms with van der Waals surface area (Å²) in [6.07, 6.45) is 96.9. The Morgan fingerprint density at radius 1 is 0.329 bits per heavy atom. The Kier molecular flexibility index (Phi) is 72.9. The van der Waals surface area contributed by atoms with Crippen LogP contribution >= 0.6 is 0 Å². The average molecular weight is 1200 g/mol. The second-order valence-electron chi connectivity index (χ2n) is 26.7. The number of allylic oxidation sites excluding steroid dienone is 5. The first-order chi connectivity index (χ1) is 42.0. The molecule has 1 amide bonds. The van der Waals surface area contributed by atoms with E-state index in [-0.39, 0.29) is 18.5 Å². The van der Waals surface area contributed by atoms with Gasteiger partial charge in [-0.15, -0.1) is 0 Å². The average Bonchev–Trinajstić information content (AvgIpc) is 3.55. The molecule has 0 aromatic rings. The fraction of sp³-hybridized carbons (Fsp3) is 0.899. The van der Waals surface area contributed by atoms with E-state index in [0.717, 1.165) is 44.9 Å². The molecular weight excluding hydrogens is 1040 g/mol. The van der Waals surface area contributed by atoms with Gasteiger partial charge in [0, 0.05) is 12.8 Å². The Hall–Kier alpha value is -1.92. The molecule has 0 saturated heterocycles. The standard InChI is InChI=1S/C79H151NO5/c1-3-5-7-9-11-13-15-16-17-18-19-20-21-33-36-39-42-45-48-52-55-59-63-67-71-77(82)76(75-81)80-78(83)72-68-64-60-56-53-49-46-43-40-37-34-31-29-27-25-23-22-24-26-28-30-32-35-38-41-44-47-50-54-58-62-66-70-74-85-79(84)73-69-65-61-57-51-14-12-10-8-6-4-2/h26,28,32,35,67,71,76-77,81-82H,3-25,27,29-31,33-34,36-66,68-70,72-75H2,1-2H3,(H,80,83)/b28-26-,35-32-,71-67+. The van der Waals surface area contributed by atoms with Crippen LogP contribution in [0, 0.1) is 0 Å². The summed E-state index contributed by atoms with van der Waals surface area (Å²) in [5.74, 6) is -0.0471. The molecule has 0 aliphatic rings. The van der Waals surface area contributed by atoms with Crippen LogP contribution in [0.5, 0.6) is 0 Å². The summed E-state index contributed by atoms with van der Waals surface area (Å²) in [6.45, 7) is 4.94. The first-order valence-corrected chi connectivity index (χ1v) is 38.8. The number of ether oxygens (including phenoxy) is 1. The summed E-state index contributed by atoms with van der Waals surface area (Å²) in [4.78, 5) is 24.6. The molecule has 0 rings (SSSR count). The lowest BCUT2D eigenvalue weighted by atomic mass is 10.0. The zero-order chi connectivity index (χ0) is 61.3. The third-order valence-electron chi connectivity index (χ3n) is 18.2. The first kappa shape index (κ1) is 83.1. The van der Waals surface area contributed by atoms with E-state index in [1.807, 2.05) is 6.08 Å². The molecule has 3 N–H and O–H groups in total. The number of hydrogen-bond donors (Lipinski definition) is 3. The van der Waals surface area contributed by atoms with Crippen LogP contribution in [-0.4, -0.2) is 47.4 Å². The smallest absolute Gasteiger partial charge is 0.305 e. The minimum absolute atomic E-state index is 0.0142. The van der Waals surface area contributed by atoms with Gasteiger partial charge in [-0.1, -0.05) is 391 Å². The maximum absolute atomic E-state index is 12.5. The largest absolute Gasteiger partial charge is 0.466 e. The Balaban J connectivity index is 3.41. The summed E-state index contributed by atoms with van der Waals surface area (Å²) in [6, 6.07) is -0.628. The molecule has 0 bridgehead atoms. The molecule has 0 radical (unpaired) electrons. The van der Waals surface area contributed by atoms with Crippen molar-refractivity contribution in [2.24, 2.45) is 0 Å². The first-order valence-electron chi connectivity index (χ1n) is 38.8. The highest BCUT2D eigenvalue weighted by Crippen LogP contribution is 2.19. The fourth-order valence-corrected chi connectivity index (χ4v) is 12.3. The van der Waals surface area contributed by atoms with Crippen molar-refractivity contribution in [3.8, 4) is 0 Å². The predicted molar refractivity (Wildman–Crippen MR) is 375 cm³/mol. The van der Waals surface area contributed by atoms with Crippen LogP contribution in [0.2, 0.25) is 0 Å². The van der Waals surface area contributed by atoms with E-state index in [4.69, 9.17) is 4.74 Å². The molecular formula is C79H151NO5.